The van der Waals surface area contributed by atoms with Crippen molar-refractivity contribution in [2.75, 3.05) is 4.90 Å². The number of carbonyl (C=O) groups is 3. The number of aromatic nitrogens is 1. The monoisotopic (exact) mass is 419 g/mol. The molecule has 1 fully saturated rings. The number of hydrogen-bond acceptors (Lipinski definition) is 7. The number of nitrogens with zero attached hydrogens (tertiary/aromatic N) is 2. The standard InChI is InChI=1S/C20H25N3O5S/c1-13(22-17(24)16-9-6-11-27-16)19(26)28-14(2)18(25)23(20-21-10-12-29-20)15-7-4-3-5-8-15/h6,9-15H,3-5,7-8H2,1-2H3,(H,22,24)/t13-,14?/m0/s1. The maximum absolute atomic E-state index is 13.1. The van der Waals surface area contributed by atoms with E-state index in [-0.39, 0.29) is 17.7 Å². The van der Waals surface area contributed by atoms with E-state index in [0.717, 1.165) is 32.1 Å². The summed E-state index contributed by atoms with van der Waals surface area (Å²) < 4.78 is 10.4. The number of esters is 1. The van der Waals surface area contributed by atoms with Crippen molar-refractivity contribution < 1.29 is 23.5 Å². The molecule has 2 aromatic heterocycles. The zero-order chi connectivity index (χ0) is 20.8. The molecule has 0 bridgehead atoms. The molecule has 0 spiro atoms. The Morgan fingerprint density at radius 2 is 2.03 bits per heavy atom. The smallest absolute Gasteiger partial charge is 0.329 e. The molecule has 1 saturated carbocycles. The minimum atomic E-state index is -0.990. The van der Waals surface area contributed by atoms with Crippen LogP contribution in [0.4, 0.5) is 5.13 Å². The van der Waals surface area contributed by atoms with Gasteiger partial charge in [-0.1, -0.05) is 19.3 Å². The van der Waals surface area contributed by atoms with Gasteiger partial charge in [-0.15, -0.1) is 11.3 Å². The SMILES string of the molecule is CC(OC(=O)[C@H](C)NC(=O)c1ccco1)C(=O)N(c1nccs1)C1CCCCC1. The topological polar surface area (TPSA) is 102 Å². The summed E-state index contributed by atoms with van der Waals surface area (Å²) in [7, 11) is 0. The average Bonchev–Trinajstić information content (AvgIpc) is 3.43. The van der Waals surface area contributed by atoms with Crippen LogP contribution in [-0.4, -0.2) is 41.0 Å². The van der Waals surface area contributed by atoms with Crippen LogP contribution in [0.2, 0.25) is 0 Å². The Bertz CT molecular complexity index is 815. The molecule has 0 radical (unpaired) electrons. The van der Waals surface area contributed by atoms with Crippen molar-refractivity contribution in [3.8, 4) is 0 Å². The number of thiazole rings is 1. The summed E-state index contributed by atoms with van der Waals surface area (Å²) in [5, 5.41) is 4.94. The summed E-state index contributed by atoms with van der Waals surface area (Å²) in [4.78, 5) is 43.5. The normalized spacial score (nSPS) is 16.6. The molecule has 1 unspecified atom stereocenters. The molecule has 1 N–H and O–H groups in total. The molecule has 9 heteroatoms. The lowest BCUT2D eigenvalue weighted by Gasteiger charge is -2.34. The molecule has 0 saturated heterocycles. The number of carbonyl (C=O) groups excluding carboxylic acids is 3. The van der Waals surface area contributed by atoms with Gasteiger partial charge in [0, 0.05) is 17.6 Å². The Hall–Kier alpha value is -2.68. The van der Waals surface area contributed by atoms with Crippen LogP contribution in [0.3, 0.4) is 0 Å². The van der Waals surface area contributed by atoms with Crippen molar-refractivity contribution in [1.29, 1.82) is 0 Å². The van der Waals surface area contributed by atoms with Gasteiger partial charge in [0.2, 0.25) is 0 Å². The van der Waals surface area contributed by atoms with Crippen molar-refractivity contribution in [2.24, 2.45) is 0 Å². The number of furan rings is 1. The molecule has 156 valence electrons. The molecule has 0 aliphatic heterocycles. The van der Waals surface area contributed by atoms with E-state index in [1.807, 2.05) is 5.38 Å². The first-order valence-corrected chi connectivity index (χ1v) is 10.6. The highest BCUT2D eigenvalue weighted by molar-refractivity contribution is 7.13. The first-order valence-electron chi connectivity index (χ1n) is 9.74. The van der Waals surface area contributed by atoms with E-state index in [1.165, 1.54) is 30.6 Å². The van der Waals surface area contributed by atoms with Gasteiger partial charge in [-0.25, -0.2) is 9.78 Å². The van der Waals surface area contributed by atoms with E-state index in [2.05, 4.69) is 10.3 Å². The maximum atomic E-state index is 13.1. The molecule has 2 atom stereocenters. The van der Waals surface area contributed by atoms with Crippen molar-refractivity contribution in [2.45, 2.75) is 64.1 Å². The number of amides is 2. The Kier molecular flexibility index (Phi) is 7.03. The second-order valence-corrected chi connectivity index (χ2v) is 7.94. The predicted molar refractivity (Wildman–Crippen MR) is 108 cm³/mol. The lowest BCUT2D eigenvalue weighted by atomic mass is 9.94. The molecule has 3 rings (SSSR count). The fourth-order valence-corrected chi connectivity index (χ4v) is 4.08. The van der Waals surface area contributed by atoms with Gasteiger partial charge < -0.3 is 14.5 Å². The molecule has 1 aliphatic rings. The Balaban J connectivity index is 1.62. The van der Waals surface area contributed by atoms with E-state index < -0.39 is 24.0 Å². The predicted octanol–water partition coefficient (Wildman–Crippen LogP) is 3.15. The van der Waals surface area contributed by atoms with Crippen LogP contribution >= 0.6 is 11.3 Å². The van der Waals surface area contributed by atoms with E-state index in [4.69, 9.17) is 9.15 Å². The van der Waals surface area contributed by atoms with Crippen LogP contribution in [0, 0.1) is 0 Å². The molecule has 0 aromatic carbocycles. The van der Waals surface area contributed by atoms with Crippen molar-refractivity contribution in [1.82, 2.24) is 10.3 Å². The minimum absolute atomic E-state index is 0.0552. The summed E-state index contributed by atoms with van der Waals surface area (Å²) >= 11 is 1.39. The Morgan fingerprint density at radius 1 is 1.28 bits per heavy atom. The van der Waals surface area contributed by atoms with Gasteiger partial charge in [0.1, 0.15) is 6.04 Å². The highest BCUT2D eigenvalue weighted by atomic mass is 32.1. The summed E-state index contributed by atoms with van der Waals surface area (Å²) in [6.07, 6.45) is 7.13. The van der Waals surface area contributed by atoms with Crippen LogP contribution in [0.25, 0.3) is 0 Å². The zero-order valence-electron chi connectivity index (χ0n) is 16.5. The Morgan fingerprint density at radius 3 is 2.66 bits per heavy atom. The second kappa shape index (κ2) is 9.69. The molecule has 2 amide bonds. The summed E-state index contributed by atoms with van der Waals surface area (Å²) in [5.41, 5.74) is 0. The third-order valence-corrected chi connectivity index (χ3v) is 5.66. The highest BCUT2D eigenvalue weighted by Gasteiger charge is 2.34. The largest absolute Gasteiger partial charge is 0.459 e. The number of rotatable bonds is 7. The van der Waals surface area contributed by atoms with Crippen molar-refractivity contribution in [3.05, 3.63) is 35.7 Å². The molecule has 29 heavy (non-hydrogen) atoms. The van der Waals surface area contributed by atoms with Crippen LogP contribution in [0.5, 0.6) is 0 Å². The molecule has 2 heterocycles. The number of ether oxygens (including phenoxy) is 1. The van der Waals surface area contributed by atoms with Crippen molar-refractivity contribution >= 4 is 34.3 Å². The molecular formula is C20H25N3O5S. The first-order chi connectivity index (χ1) is 14.0. The summed E-state index contributed by atoms with van der Waals surface area (Å²) in [5.74, 6) is -1.41. The van der Waals surface area contributed by atoms with Gasteiger partial charge in [0.15, 0.2) is 17.0 Å². The zero-order valence-corrected chi connectivity index (χ0v) is 17.3. The first kappa shape index (κ1) is 21.0. The average molecular weight is 420 g/mol. The third kappa shape index (κ3) is 5.23. The van der Waals surface area contributed by atoms with Crippen molar-refractivity contribution in [3.63, 3.8) is 0 Å². The maximum Gasteiger partial charge on any atom is 0.329 e. The van der Waals surface area contributed by atoms with Gasteiger partial charge in [0.25, 0.3) is 11.8 Å². The van der Waals surface area contributed by atoms with Gasteiger partial charge in [-0.05, 0) is 38.8 Å². The number of anilines is 1. The third-order valence-electron chi connectivity index (χ3n) is 4.89. The van der Waals surface area contributed by atoms with Crippen LogP contribution in [0.15, 0.2) is 34.4 Å². The van der Waals surface area contributed by atoms with Gasteiger partial charge in [-0.3, -0.25) is 14.5 Å². The quantitative estimate of drug-likeness (QED) is 0.692. The summed E-state index contributed by atoms with van der Waals surface area (Å²) in [6, 6.07) is 2.21. The van der Waals surface area contributed by atoms with Crippen LogP contribution < -0.4 is 10.2 Å². The van der Waals surface area contributed by atoms with E-state index in [0.29, 0.717) is 5.13 Å². The fourth-order valence-electron chi connectivity index (χ4n) is 3.36. The minimum Gasteiger partial charge on any atom is -0.459 e. The molecule has 2 aromatic rings. The van der Waals surface area contributed by atoms with E-state index >= 15 is 0 Å². The lowest BCUT2D eigenvalue weighted by Crippen LogP contribution is -2.48. The number of nitrogens with one attached hydrogen (secondary N) is 1. The molecule has 1 aliphatic carbocycles. The number of hydrogen-bond donors (Lipinski definition) is 1. The molecular weight excluding hydrogens is 394 g/mol. The van der Waals surface area contributed by atoms with Gasteiger partial charge >= 0.3 is 5.97 Å². The van der Waals surface area contributed by atoms with Gasteiger partial charge in [-0.2, -0.15) is 0 Å². The van der Waals surface area contributed by atoms with Crippen LogP contribution in [0.1, 0.15) is 56.5 Å². The fraction of sp³-hybridized carbons (Fsp3) is 0.500. The van der Waals surface area contributed by atoms with E-state index in [1.54, 1.807) is 24.1 Å². The molecule has 8 nitrogen and oxygen atoms in total. The lowest BCUT2D eigenvalue weighted by molar-refractivity contribution is -0.155. The van der Waals surface area contributed by atoms with E-state index in [9.17, 15) is 14.4 Å². The Labute approximate surface area is 173 Å². The van der Waals surface area contributed by atoms with Gasteiger partial charge in [0.05, 0.1) is 6.26 Å². The second-order valence-electron chi connectivity index (χ2n) is 7.07. The summed E-state index contributed by atoms with van der Waals surface area (Å²) in [6.45, 7) is 3.05. The highest BCUT2D eigenvalue weighted by Crippen LogP contribution is 2.29. The van der Waals surface area contributed by atoms with Crippen LogP contribution in [-0.2, 0) is 14.3 Å².